The summed E-state index contributed by atoms with van der Waals surface area (Å²) in [7, 11) is 0. The summed E-state index contributed by atoms with van der Waals surface area (Å²) in [6.07, 6.45) is 0. The molecule has 0 saturated carbocycles. The van der Waals surface area contributed by atoms with Gasteiger partial charge >= 0.3 is 0 Å². The number of nitrogens with one attached hydrogen (secondary N) is 1. The van der Waals surface area contributed by atoms with Gasteiger partial charge in [0, 0.05) is 6.07 Å². The number of anilines is 2. The van der Waals surface area contributed by atoms with E-state index in [4.69, 9.17) is 22.1 Å². The summed E-state index contributed by atoms with van der Waals surface area (Å²) in [5.41, 5.74) is 6.65. The van der Waals surface area contributed by atoms with Crippen LogP contribution < -0.4 is 15.8 Å². The van der Waals surface area contributed by atoms with Crippen molar-refractivity contribution in [3.05, 3.63) is 53.3 Å². The number of carbonyl (C=O) groups excluding carboxylic acids is 1. The topological polar surface area (TPSA) is 64.3 Å². The maximum absolute atomic E-state index is 13.2. The fraction of sp³-hybridized carbons (Fsp3) is 0.0714. The van der Waals surface area contributed by atoms with Gasteiger partial charge in [-0.1, -0.05) is 23.7 Å². The fourth-order valence-corrected chi connectivity index (χ4v) is 1.63. The standard InChI is InChI=1S/C14H12ClFN2O2/c15-10-6-5-9(7-11(10)16)20-8-14(19)18-13-4-2-1-3-12(13)17/h1-7H,8,17H2,(H,18,19). The zero-order valence-electron chi connectivity index (χ0n) is 10.4. The predicted octanol–water partition coefficient (Wildman–Crippen LogP) is 3.08. The molecule has 0 aromatic heterocycles. The van der Waals surface area contributed by atoms with Gasteiger partial charge in [-0.3, -0.25) is 4.79 Å². The molecule has 2 rings (SSSR count). The number of para-hydroxylation sites is 2. The maximum atomic E-state index is 13.2. The summed E-state index contributed by atoms with van der Waals surface area (Å²) >= 11 is 5.54. The highest BCUT2D eigenvalue weighted by atomic mass is 35.5. The van der Waals surface area contributed by atoms with Crippen molar-refractivity contribution in [1.29, 1.82) is 0 Å². The number of nitrogen functional groups attached to an aromatic ring is 1. The molecule has 2 aromatic rings. The SMILES string of the molecule is Nc1ccccc1NC(=O)COc1ccc(Cl)c(F)c1. The molecule has 0 aliphatic carbocycles. The van der Waals surface area contributed by atoms with Gasteiger partial charge in [0.1, 0.15) is 11.6 Å². The minimum absolute atomic E-state index is 0.00105. The molecule has 0 unspecified atom stereocenters. The molecule has 0 bridgehead atoms. The molecule has 104 valence electrons. The monoisotopic (exact) mass is 294 g/mol. The van der Waals surface area contributed by atoms with Gasteiger partial charge in [-0.05, 0) is 24.3 Å². The second-order valence-electron chi connectivity index (χ2n) is 4.00. The molecule has 0 heterocycles. The van der Waals surface area contributed by atoms with Crippen molar-refractivity contribution in [3.63, 3.8) is 0 Å². The first-order valence-corrected chi connectivity index (χ1v) is 6.16. The van der Waals surface area contributed by atoms with Crippen LogP contribution in [0.25, 0.3) is 0 Å². The largest absolute Gasteiger partial charge is 0.484 e. The number of nitrogens with two attached hydrogens (primary N) is 1. The number of halogens is 2. The molecule has 0 fully saturated rings. The summed E-state index contributed by atoms with van der Waals surface area (Å²) < 4.78 is 18.3. The molecule has 0 aliphatic rings. The van der Waals surface area contributed by atoms with Crippen LogP contribution in [0.5, 0.6) is 5.75 Å². The van der Waals surface area contributed by atoms with Gasteiger partial charge < -0.3 is 15.8 Å². The first kappa shape index (κ1) is 14.1. The molecule has 20 heavy (non-hydrogen) atoms. The molecular weight excluding hydrogens is 283 g/mol. The number of carbonyl (C=O) groups is 1. The summed E-state index contributed by atoms with van der Waals surface area (Å²) in [5, 5.41) is 2.60. The van der Waals surface area contributed by atoms with Crippen molar-refractivity contribution >= 4 is 28.9 Å². The molecule has 3 N–H and O–H groups in total. The lowest BCUT2D eigenvalue weighted by molar-refractivity contribution is -0.118. The zero-order valence-corrected chi connectivity index (χ0v) is 11.2. The first-order valence-electron chi connectivity index (χ1n) is 5.78. The molecule has 0 aliphatic heterocycles. The Hall–Kier alpha value is -2.27. The highest BCUT2D eigenvalue weighted by molar-refractivity contribution is 6.30. The van der Waals surface area contributed by atoms with E-state index >= 15 is 0 Å². The Bertz CT molecular complexity index is 634. The van der Waals surface area contributed by atoms with Crippen LogP contribution in [0.2, 0.25) is 5.02 Å². The van der Waals surface area contributed by atoms with E-state index in [1.54, 1.807) is 24.3 Å². The number of benzene rings is 2. The van der Waals surface area contributed by atoms with Crippen molar-refractivity contribution in [1.82, 2.24) is 0 Å². The first-order chi connectivity index (χ1) is 9.56. The number of ether oxygens (including phenoxy) is 1. The van der Waals surface area contributed by atoms with Crippen molar-refractivity contribution in [2.75, 3.05) is 17.7 Å². The lowest BCUT2D eigenvalue weighted by Gasteiger charge is -2.09. The second-order valence-corrected chi connectivity index (χ2v) is 4.41. The fourth-order valence-electron chi connectivity index (χ4n) is 1.51. The molecule has 2 aromatic carbocycles. The third-order valence-electron chi connectivity index (χ3n) is 2.50. The van der Waals surface area contributed by atoms with Crippen LogP contribution in [-0.2, 0) is 4.79 Å². The minimum atomic E-state index is -0.600. The quantitative estimate of drug-likeness (QED) is 0.852. The van der Waals surface area contributed by atoms with Gasteiger partial charge in [0.25, 0.3) is 5.91 Å². The van der Waals surface area contributed by atoms with Crippen molar-refractivity contribution in [2.24, 2.45) is 0 Å². The Morgan fingerprint density at radius 1 is 1.30 bits per heavy atom. The van der Waals surface area contributed by atoms with Gasteiger partial charge in [0.05, 0.1) is 16.4 Å². The average Bonchev–Trinajstić information content (AvgIpc) is 2.43. The molecule has 0 atom stereocenters. The van der Waals surface area contributed by atoms with Crippen LogP contribution in [0.15, 0.2) is 42.5 Å². The molecule has 0 saturated heterocycles. The third-order valence-corrected chi connectivity index (χ3v) is 2.80. The smallest absolute Gasteiger partial charge is 0.262 e. The van der Waals surface area contributed by atoms with Gasteiger partial charge in [-0.15, -0.1) is 0 Å². The highest BCUT2D eigenvalue weighted by Gasteiger charge is 2.07. The summed E-state index contributed by atoms with van der Waals surface area (Å²) in [6, 6.07) is 10.8. The van der Waals surface area contributed by atoms with E-state index in [0.717, 1.165) is 6.07 Å². The second kappa shape index (κ2) is 6.25. The Kier molecular flexibility index (Phi) is 4.42. The minimum Gasteiger partial charge on any atom is -0.484 e. The van der Waals surface area contributed by atoms with E-state index in [9.17, 15) is 9.18 Å². The van der Waals surface area contributed by atoms with E-state index in [-0.39, 0.29) is 17.4 Å². The number of hydrogen-bond acceptors (Lipinski definition) is 3. The molecule has 0 spiro atoms. The van der Waals surface area contributed by atoms with Crippen LogP contribution in [0.1, 0.15) is 0 Å². The molecule has 4 nitrogen and oxygen atoms in total. The van der Waals surface area contributed by atoms with E-state index in [2.05, 4.69) is 5.32 Å². The Morgan fingerprint density at radius 3 is 2.75 bits per heavy atom. The Balaban J connectivity index is 1.92. The van der Waals surface area contributed by atoms with Crippen LogP contribution in [0.3, 0.4) is 0 Å². The number of hydrogen-bond donors (Lipinski definition) is 2. The predicted molar refractivity (Wildman–Crippen MR) is 76.4 cm³/mol. The number of rotatable bonds is 4. The van der Waals surface area contributed by atoms with Crippen molar-refractivity contribution < 1.29 is 13.9 Å². The van der Waals surface area contributed by atoms with Crippen LogP contribution in [0.4, 0.5) is 15.8 Å². The normalized spacial score (nSPS) is 10.1. The van der Waals surface area contributed by atoms with E-state index in [0.29, 0.717) is 11.4 Å². The highest BCUT2D eigenvalue weighted by Crippen LogP contribution is 2.20. The van der Waals surface area contributed by atoms with Crippen molar-refractivity contribution in [2.45, 2.75) is 0 Å². The lowest BCUT2D eigenvalue weighted by Crippen LogP contribution is -2.20. The zero-order chi connectivity index (χ0) is 14.5. The van der Waals surface area contributed by atoms with E-state index in [1.807, 2.05) is 0 Å². The Labute approximate surface area is 120 Å². The summed E-state index contributed by atoms with van der Waals surface area (Å²) in [4.78, 5) is 11.7. The van der Waals surface area contributed by atoms with Crippen molar-refractivity contribution in [3.8, 4) is 5.75 Å². The maximum Gasteiger partial charge on any atom is 0.262 e. The van der Waals surface area contributed by atoms with Gasteiger partial charge in [0.2, 0.25) is 0 Å². The summed E-state index contributed by atoms with van der Waals surface area (Å²) in [5.74, 6) is -0.766. The number of amides is 1. The molecule has 1 amide bonds. The molecular formula is C14H12ClFN2O2. The van der Waals surface area contributed by atoms with Crippen LogP contribution in [-0.4, -0.2) is 12.5 Å². The van der Waals surface area contributed by atoms with Gasteiger partial charge in [0.15, 0.2) is 6.61 Å². The molecule has 0 radical (unpaired) electrons. The Morgan fingerprint density at radius 2 is 2.05 bits per heavy atom. The molecule has 6 heteroatoms. The van der Waals surface area contributed by atoms with Crippen LogP contribution >= 0.6 is 11.6 Å². The lowest BCUT2D eigenvalue weighted by atomic mass is 10.2. The van der Waals surface area contributed by atoms with E-state index in [1.165, 1.54) is 12.1 Å². The van der Waals surface area contributed by atoms with Gasteiger partial charge in [-0.25, -0.2) is 4.39 Å². The third kappa shape index (κ3) is 3.61. The van der Waals surface area contributed by atoms with E-state index < -0.39 is 11.7 Å². The average molecular weight is 295 g/mol. The van der Waals surface area contributed by atoms with Crippen LogP contribution in [0, 0.1) is 5.82 Å². The van der Waals surface area contributed by atoms with Gasteiger partial charge in [-0.2, -0.15) is 0 Å². The summed E-state index contributed by atoms with van der Waals surface area (Å²) in [6.45, 7) is -0.255.